The van der Waals surface area contributed by atoms with Crippen LogP contribution in [0, 0.1) is 0 Å². The minimum absolute atomic E-state index is 0.00297. The zero-order valence-corrected chi connectivity index (χ0v) is 26.6. The molecule has 6 aliphatic rings. The maximum atomic E-state index is 11.6. The van der Waals surface area contributed by atoms with Gasteiger partial charge in [-0.1, -0.05) is 18.2 Å². The van der Waals surface area contributed by atoms with Crippen LogP contribution in [0.5, 0.6) is 46.0 Å². The van der Waals surface area contributed by atoms with Crippen molar-refractivity contribution in [2.75, 3.05) is 48.5 Å². The van der Waals surface area contributed by atoms with Crippen molar-refractivity contribution in [3.63, 3.8) is 0 Å². The smallest absolute Gasteiger partial charge is 0.201 e. The van der Waals surface area contributed by atoms with E-state index in [2.05, 4.69) is 60.3 Å². The highest BCUT2D eigenvalue weighted by Gasteiger charge is 2.34. The number of ether oxygens (including phenoxy) is 5. The molecule has 4 aromatic rings. The topological polar surface area (TPSA) is 72.9 Å². The summed E-state index contributed by atoms with van der Waals surface area (Å²) in [4.78, 5) is 4.72. The maximum absolute atomic E-state index is 11.6. The first-order valence-electron chi connectivity index (χ1n) is 15.5. The summed E-state index contributed by atoms with van der Waals surface area (Å²) in [6.45, 7) is 1.78. The molecule has 0 unspecified atom stereocenters. The molecule has 0 saturated heterocycles. The molecule has 0 saturated carbocycles. The third-order valence-corrected chi connectivity index (χ3v) is 9.66. The number of methoxy groups -OCH3 is 3. The van der Waals surface area contributed by atoms with E-state index >= 15 is 0 Å². The van der Waals surface area contributed by atoms with Crippen LogP contribution in [0.4, 0.5) is 0 Å². The average molecular weight is 609 g/mol. The van der Waals surface area contributed by atoms with Gasteiger partial charge in [0.05, 0.1) is 21.3 Å². The molecule has 6 aliphatic heterocycles. The zero-order valence-electron chi connectivity index (χ0n) is 26.6. The normalized spacial score (nSPS) is 19.4. The van der Waals surface area contributed by atoms with E-state index in [1.807, 2.05) is 24.3 Å². The fourth-order valence-corrected chi connectivity index (χ4v) is 7.10. The number of phenolic OH excluding ortho intramolecular Hbond substituents is 1. The summed E-state index contributed by atoms with van der Waals surface area (Å²) < 4.78 is 30.5. The first-order chi connectivity index (χ1) is 21.9. The summed E-state index contributed by atoms with van der Waals surface area (Å²) in [6, 6.07) is 20.6. The highest BCUT2D eigenvalue weighted by atomic mass is 16.5. The van der Waals surface area contributed by atoms with Crippen molar-refractivity contribution in [1.82, 2.24) is 9.80 Å². The van der Waals surface area contributed by atoms with Crippen LogP contribution in [0.25, 0.3) is 0 Å². The molecule has 0 aliphatic carbocycles. The molecular weight excluding hydrogens is 568 g/mol. The Morgan fingerprint density at radius 1 is 0.667 bits per heavy atom. The SMILES string of the molecule is COc1ccc2cc1Oc1ccc(cc1)C[C@@H]1c3c(cc(OC)c(O)c3Oc3cc4c(cc3OC)[C@@H](C2)N(C)CC4)CCN1C. The molecular formula is C37H40N2O6. The number of nitrogens with zero attached hydrogens (tertiary/aromatic N) is 2. The van der Waals surface area contributed by atoms with Crippen molar-refractivity contribution in [1.29, 1.82) is 0 Å². The number of benzene rings is 4. The van der Waals surface area contributed by atoms with Gasteiger partial charge in [0.1, 0.15) is 5.75 Å². The van der Waals surface area contributed by atoms with Gasteiger partial charge in [-0.2, -0.15) is 0 Å². The molecule has 8 heteroatoms. The van der Waals surface area contributed by atoms with Gasteiger partial charge in [-0.15, -0.1) is 0 Å². The molecule has 10 rings (SSSR count). The number of hydrogen-bond donors (Lipinski definition) is 1. The van der Waals surface area contributed by atoms with Crippen molar-refractivity contribution < 1.29 is 28.8 Å². The van der Waals surface area contributed by atoms with Gasteiger partial charge in [-0.3, -0.25) is 9.80 Å². The van der Waals surface area contributed by atoms with Crippen molar-refractivity contribution in [3.05, 3.63) is 94.0 Å². The first kappa shape index (κ1) is 29.3. The number of aromatic hydroxyl groups is 1. The molecule has 1 N–H and O–H groups in total. The predicted octanol–water partition coefficient (Wildman–Crippen LogP) is 6.86. The molecule has 2 atom stereocenters. The van der Waals surface area contributed by atoms with Crippen molar-refractivity contribution in [3.8, 4) is 46.0 Å². The van der Waals surface area contributed by atoms with E-state index in [9.17, 15) is 5.11 Å². The Morgan fingerprint density at radius 2 is 1.31 bits per heavy atom. The molecule has 0 aromatic heterocycles. The van der Waals surface area contributed by atoms with Gasteiger partial charge < -0.3 is 28.8 Å². The van der Waals surface area contributed by atoms with Crippen molar-refractivity contribution >= 4 is 0 Å². The molecule has 0 spiro atoms. The van der Waals surface area contributed by atoms with Crippen LogP contribution in [-0.2, 0) is 25.7 Å². The van der Waals surface area contributed by atoms with E-state index in [1.54, 1.807) is 21.3 Å². The van der Waals surface area contributed by atoms with E-state index in [0.717, 1.165) is 66.8 Å². The molecule has 0 amide bonds. The van der Waals surface area contributed by atoms with Gasteiger partial charge in [0, 0.05) is 30.7 Å². The van der Waals surface area contributed by atoms with Gasteiger partial charge >= 0.3 is 0 Å². The Morgan fingerprint density at radius 3 is 2.04 bits per heavy atom. The Balaban J connectivity index is 1.44. The van der Waals surface area contributed by atoms with Gasteiger partial charge in [-0.05, 0) is 110 Å². The second kappa shape index (κ2) is 11.8. The summed E-state index contributed by atoms with van der Waals surface area (Å²) in [5.74, 6) is 4.16. The molecule has 0 fully saturated rings. The van der Waals surface area contributed by atoms with Crippen LogP contribution < -0.4 is 23.7 Å². The quantitative estimate of drug-likeness (QED) is 0.271. The minimum atomic E-state index is -0.0344. The molecule has 45 heavy (non-hydrogen) atoms. The average Bonchev–Trinajstić information content (AvgIpc) is 3.05. The lowest BCUT2D eigenvalue weighted by Crippen LogP contribution is -2.34. The van der Waals surface area contributed by atoms with E-state index in [0.29, 0.717) is 34.5 Å². The van der Waals surface area contributed by atoms with Crippen LogP contribution in [0.2, 0.25) is 0 Å². The highest BCUT2D eigenvalue weighted by Crippen LogP contribution is 2.51. The number of rotatable bonds is 3. The van der Waals surface area contributed by atoms with E-state index in [1.165, 1.54) is 11.1 Å². The van der Waals surface area contributed by atoms with E-state index in [-0.39, 0.29) is 17.8 Å². The lowest BCUT2D eigenvalue weighted by Gasteiger charge is -2.37. The predicted molar refractivity (Wildman–Crippen MR) is 173 cm³/mol. The monoisotopic (exact) mass is 608 g/mol. The fraction of sp³-hybridized carbons (Fsp3) is 0.351. The van der Waals surface area contributed by atoms with Crippen LogP contribution in [0.3, 0.4) is 0 Å². The fourth-order valence-electron chi connectivity index (χ4n) is 7.10. The first-order valence-corrected chi connectivity index (χ1v) is 15.5. The number of likely N-dealkylation sites (N-methyl/N-ethyl adjacent to an activating group) is 2. The Kier molecular flexibility index (Phi) is 7.71. The van der Waals surface area contributed by atoms with Crippen molar-refractivity contribution in [2.45, 2.75) is 37.8 Å². The molecule has 6 heterocycles. The maximum Gasteiger partial charge on any atom is 0.201 e. The van der Waals surface area contributed by atoms with Crippen molar-refractivity contribution in [2.24, 2.45) is 0 Å². The molecule has 8 nitrogen and oxygen atoms in total. The Bertz CT molecular complexity index is 1740. The molecule has 0 radical (unpaired) electrons. The second-order valence-corrected chi connectivity index (χ2v) is 12.3. The van der Waals surface area contributed by atoms with Crippen LogP contribution in [0.1, 0.15) is 45.5 Å². The lowest BCUT2D eigenvalue weighted by atomic mass is 9.87. The lowest BCUT2D eigenvalue weighted by molar-refractivity contribution is 0.221. The molecule has 234 valence electrons. The molecule has 4 aromatic carbocycles. The highest BCUT2D eigenvalue weighted by molar-refractivity contribution is 5.63. The van der Waals surface area contributed by atoms with E-state index < -0.39 is 0 Å². The number of phenols is 1. The molecule has 8 bridgehead atoms. The summed E-state index contributed by atoms with van der Waals surface area (Å²) in [7, 11) is 9.21. The number of hydrogen-bond acceptors (Lipinski definition) is 8. The zero-order chi connectivity index (χ0) is 31.2. The van der Waals surface area contributed by atoms with Gasteiger partial charge in [0.15, 0.2) is 34.5 Å². The van der Waals surface area contributed by atoms with Gasteiger partial charge in [-0.25, -0.2) is 0 Å². The summed E-state index contributed by atoms with van der Waals surface area (Å²) in [5.41, 5.74) is 6.78. The van der Waals surface area contributed by atoms with Gasteiger partial charge in [0.25, 0.3) is 0 Å². The summed E-state index contributed by atoms with van der Waals surface area (Å²) in [5, 5.41) is 11.6. The summed E-state index contributed by atoms with van der Waals surface area (Å²) >= 11 is 0. The second-order valence-electron chi connectivity index (χ2n) is 12.3. The van der Waals surface area contributed by atoms with Crippen LogP contribution in [0.15, 0.2) is 60.7 Å². The van der Waals surface area contributed by atoms with Gasteiger partial charge in [0.2, 0.25) is 5.75 Å². The largest absolute Gasteiger partial charge is 0.502 e. The third kappa shape index (κ3) is 5.32. The Hall–Kier alpha value is -4.40. The minimum Gasteiger partial charge on any atom is -0.502 e. The van der Waals surface area contributed by atoms with E-state index in [4.69, 9.17) is 23.7 Å². The van der Waals surface area contributed by atoms with Crippen LogP contribution in [-0.4, -0.2) is 63.4 Å². The van der Waals surface area contributed by atoms with Crippen LogP contribution >= 0.6 is 0 Å². The Labute approximate surface area is 264 Å². The third-order valence-electron chi connectivity index (χ3n) is 9.66. The standard InChI is InChI=1S/C37H40N2O6/c1-38-14-12-24-19-33-31(42-4)21-27(24)28(38)17-23-8-11-30(41-3)32(18-23)44-26-9-6-22(7-10-26)16-29-35-25(13-15-39(29)2)20-34(43-5)36(40)37(35)45-33/h6-11,18-21,28-29,40H,12-17H2,1-5H3/t28-,29-/m1/s1. The summed E-state index contributed by atoms with van der Waals surface area (Å²) in [6.07, 6.45) is 3.20.